The van der Waals surface area contributed by atoms with E-state index in [9.17, 15) is 23.1 Å². The summed E-state index contributed by atoms with van der Waals surface area (Å²) in [5.74, 6) is 1.15. The van der Waals surface area contributed by atoms with Gasteiger partial charge in [0.05, 0.1) is 43.4 Å². The molecule has 1 amide bonds. The fourth-order valence-electron chi connectivity index (χ4n) is 7.17. The van der Waals surface area contributed by atoms with Crippen LogP contribution in [0.3, 0.4) is 0 Å². The number of aliphatic hydroxyl groups is 1. The molecule has 1 saturated carbocycles. The lowest BCUT2D eigenvalue weighted by molar-refractivity contribution is -0.138. The number of nitrogens with zero attached hydrogens (tertiary/aromatic N) is 7. The summed E-state index contributed by atoms with van der Waals surface area (Å²) >= 11 is 0. The van der Waals surface area contributed by atoms with E-state index < -0.39 is 28.7 Å². The average molecular weight is 651 g/mol. The van der Waals surface area contributed by atoms with Gasteiger partial charge in [-0.2, -0.15) is 18.4 Å². The van der Waals surface area contributed by atoms with Crippen LogP contribution in [0.25, 0.3) is 0 Å². The number of likely N-dealkylation sites (tertiary alicyclic amines) is 1. The van der Waals surface area contributed by atoms with Gasteiger partial charge in [0.15, 0.2) is 0 Å². The number of halogens is 3. The van der Waals surface area contributed by atoms with Crippen LogP contribution in [-0.4, -0.2) is 74.1 Å². The number of pyridine rings is 1. The number of nitrogens with one attached hydrogen (secondary N) is 1. The minimum absolute atomic E-state index is 0.0216. The molecule has 14 heteroatoms. The Labute approximate surface area is 270 Å². The molecule has 4 aliphatic rings. The second-order valence-electron chi connectivity index (χ2n) is 13.5. The van der Waals surface area contributed by atoms with Gasteiger partial charge in [0.1, 0.15) is 23.8 Å². The van der Waals surface area contributed by atoms with Crippen molar-refractivity contribution >= 4 is 17.5 Å². The molecule has 3 aliphatic heterocycles. The first kappa shape index (κ1) is 31.5. The Balaban J connectivity index is 1.20. The van der Waals surface area contributed by atoms with Crippen LogP contribution in [0.15, 0.2) is 30.6 Å². The molecule has 11 nitrogen and oxygen atoms in total. The molecule has 0 spiro atoms. The summed E-state index contributed by atoms with van der Waals surface area (Å²) in [6.45, 7) is 2.23. The number of carbonyl (C=O) groups is 1. The molecule has 0 atom stereocenters. The SMILES string of the molecule is Cn1cnnc1CC1(c2cc(NCCC#N)nc(N3Cc4c(cc(CN5CCC(O)(C6CC6)CC5)cc4C(F)(F)F)C3=O)c2)COC1. The fourth-order valence-corrected chi connectivity index (χ4v) is 7.17. The van der Waals surface area contributed by atoms with Gasteiger partial charge in [-0.05, 0) is 72.6 Å². The largest absolute Gasteiger partial charge is 0.416 e. The number of fused-ring (bicyclic) bond motifs is 1. The number of ether oxygens (including phenoxy) is 1. The van der Waals surface area contributed by atoms with E-state index in [0.717, 1.165) is 30.3 Å². The standard InChI is InChI=1S/C33H37F3N8O3/c1-42-20-39-41-29(42)15-31(18-47-19-31)23-13-27(38-8-2-7-37)40-28(14-23)44-17-25-24(30(44)45)11-21(12-26(25)33(34,35)36)16-43-9-5-32(46,6-10-43)22-3-4-22/h11-14,20,22,46H,2-6,8-10,15-19H2,1H3,(H,38,40). The first-order valence-corrected chi connectivity index (χ1v) is 16.0. The van der Waals surface area contributed by atoms with Gasteiger partial charge in [-0.25, -0.2) is 4.98 Å². The first-order chi connectivity index (χ1) is 22.5. The van der Waals surface area contributed by atoms with Gasteiger partial charge in [0.2, 0.25) is 0 Å². The third-order valence-electron chi connectivity index (χ3n) is 10.2. The highest BCUT2D eigenvalue weighted by molar-refractivity contribution is 6.10. The molecule has 47 heavy (non-hydrogen) atoms. The number of aromatic nitrogens is 4. The van der Waals surface area contributed by atoms with Crippen LogP contribution in [0, 0.1) is 17.2 Å². The number of hydrogen-bond acceptors (Lipinski definition) is 9. The minimum atomic E-state index is -4.66. The van der Waals surface area contributed by atoms with E-state index in [4.69, 9.17) is 10.00 Å². The van der Waals surface area contributed by atoms with E-state index in [1.807, 2.05) is 17.7 Å². The van der Waals surface area contributed by atoms with Gasteiger partial charge in [-0.1, -0.05) is 0 Å². The van der Waals surface area contributed by atoms with Crippen LogP contribution >= 0.6 is 0 Å². The minimum Gasteiger partial charge on any atom is -0.390 e. The quantitative estimate of drug-likeness (QED) is 0.313. The molecule has 2 aromatic heterocycles. The summed E-state index contributed by atoms with van der Waals surface area (Å²) in [7, 11) is 1.85. The Morgan fingerprint density at radius 2 is 1.94 bits per heavy atom. The maximum atomic E-state index is 14.5. The molecular weight excluding hydrogens is 613 g/mol. The third kappa shape index (κ3) is 6.08. The number of benzene rings is 1. The fraction of sp³-hybridized carbons (Fsp3) is 0.545. The second kappa shape index (κ2) is 11.9. The van der Waals surface area contributed by atoms with Crippen LogP contribution in [-0.2, 0) is 42.9 Å². The molecule has 248 valence electrons. The number of piperidine rings is 1. The van der Waals surface area contributed by atoms with Gasteiger partial charge in [0, 0.05) is 50.6 Å². The predicted octanol–water partition coefficient (Wildman–Crippen LogP) is 3.96. The Morgan fingerprint density at radius 1 is 1.17 bits per heavy atom. The molecule has 3 aromatic rings. The lowest BCUT2D eigenvalue weighted by Crippen LogP contribution is -2.49. The molecule has 2 saturated heterocycles. The number of amides is 1. The van der Waals surface area contributed by atoms with Gasteiger partial charge < -0.3 is 19.7 Å². The third-order valence-corrected chi connectivity index (χ3v) is 10.2. The molecule has 7 rings (SSSR count). The van der Waals surface area contributed by atoms with Gasteiger partial charge >= 0.3 is 6.18 Å². The molecule has 0 bridgehead atoms. The number of nitriles is 1. The monoisotopic (exact) mass is 650 g/mol. The molecule has 5 heterocycles. The first-order valence-electron chi connectivity index (χ1n) is 16.0. The summed E-state index contributed by atoms with van der Waals surface area (Å²) < 4.78 is 51.0. The van der Waals surface area contributed by atoms with E-state index in [0.29, 0.717) is 69.4 Å². The van der Waals surface area contributed by atoms with Crippen molar-refractivity contribution in [2.45, 2.75) is 68.8 Å². The number of rotatable bonds is 10. The Hall–Kier alpha value is -4.06. The topological polar surface area (TPSA) is 132 Å². The van der Waals surface area contributed by atoms with Crippen LogP contribution in [0.1, 0.15) is 70.5 Å². The van der Waals surface area contributed by atoms with Crippen molar-refractivity contribution in [2.24, 2.45) is 13.0 Å². The van der Waals surface area contributed by atoms with Crippen molar-refractivity contribution in [3.63, 3.8) is 0 Å². The maximum Gasteiger partial charge on any atom is 0.416 e. The van der Waals surface area contributed by atoms with Crippen molar-refractivity contribution in [3.05, 3.63) is 64.2 Å². The van der Waals surface area contributed by atoms with Gasteiger partial charge in [-0.15, -0.1) is 10.2 Å². The molecule has 1 aromatic carbocycles. The summed E-state index contributed by atoms with van der Waals surface area (Å²) in [4.78, 5) is 22.0. The Morgan fingerprint density at radius 3 is 2.55 bits per heavy atom. The van der Waals surface area contributed by atoms with Crippen LogP contribution in [0.2, 0.25) is 0 Å². The predicted molar refractivity (Wildman–Crippen MR) is 164 cm³/mol. The van der Waals surface area contributed by atoms with Crippen molar-refractivity contribution in [1.29, 1.82) is 5.26 Å². The van der Waals surface area contributed by atoms with Crippen molar-refractivity contribution in [2.75, 3.05) is 43.1 Å². The van der Waals surface area contributed by atoms with Crippen molar-refractivity contribution in [1.82, 2.24) is 24.6 Å². The van der Waals surface area contributed by atoms with Gasteiger partial charge in [0.25, 0.3) is 5.91 Å². The van der Waals surface area contributed by atoms with Gasteiger partial charge in [-0.3, -0.25) is 14.6 Å². The highest BCUT2D eigenvalue weighted by Gasteiger charge is 2.46. The second-order valence-corrected chi connectivity index (χ2v) is 13.5. The van der Waals surface area contributed by atoms with Crippen LogP contribution < -0.4 is 10.2 Å². The molecule has 0 radical (unpaired) electrons. The van der Waals surface area contributed by atoms with Crippen molar-refractivity contribution < 1.29 is 27.8 Å². The maximum absolute atomic E-state index is 14.5. The summed E-state index contributed by atoms with van der Waals surface area (Å²) in [6.07, 6.45) is 0.913. The molecule has 1 aliphatic carbocycles. The van der Waals surface area contributed by atoms with E-state index >= 15 is 0 Å². The number of alkyl halides is 3. The summed E-state index contributed by atoms with van der Waals surface area (Å²) in [5.41, 5.74) is -0.838. The van der Waals surface area contributed by atoms with Crippen LogP contribution in [0.4, 0.5) is 24.8 Å². The summed E-state index contributed by atoms with van der Waals surface area (Å²) in [6, 6.07) is 8.42. The van der Waals surface area contributed by atoms with E-state index in [-0.39, 0.29) is 36.5 Å². The lowest BCUT2D eigenvalue weighted by Gasteiger charge is -2.42. The van der Waals surface area contributed by atoms with E-state index in [1.165, 1.54) is 4.90 Å². The number of anilines is 2. The van der Waals surface area contributed by atoms with Crippen LogP contribution in [0.5, 0.6) is 0 Å². The Bertz CT molecular complexity index is 1720. The highest BCUT2D eigenvalue weighted by Crippen LogP contribution is 2.46. The smallest absolute Gasteiger partial charge is 0.390 e. The molecule has 3 fully saturated rings. The lowest BCUT2D eigenvalue weighted by atomic mass is 9.75. The zero-order chi connectivity index (χ0) is 33.0. The normalized spacial score (nSPS) is 20.5. The summed E-state index contributed by atoms with van der Waals surface area (Å²) in [5, 5.41) is 31.3. The Kier molecular flexibility index (Phi) is 7.97. The van der Waals surface area contributed by atoms with Crippen molar-refractivity contribution in [3.8, 4) is 6.07 Å². The number of hydrogen-bond donors (Lipinski definition) is 2. The zero-order valence-electron chi connectivity index (χ0n) is 26.2. The molecule has 0 unspecified atom stereocenters. The zero-order valence-corrected chi connectivity index (χ0v) is 26.2. The molecular formula is C33H37F3N8O3. The highest BCUT2D eigenvalue weighted by atomic mass is 19.4. The average Bonchev–Trinajstić information content (AvgIpc) is 3.74. The number of carbonyl (C=O) groups excluding carboxylic acids is 1. The number of aryl methyl sites for hydroxylation is 1. The molecule has 2 N–H and O–H groups in total. The van der Waals surface area contributed by atoms with E-state index in [1.54, 1.807) is 18.5 Å². The van der Waals surface area contributed by atoms with E-state index in [2.05, 4.69) is 31.5 Å².